The number of nitrogens with two attached hydrogens (primary N) is 2. The number of halogens is 2. The molecule has 8 N–H and O–H groups in total. The average molecular weight is 681 g/mol. The largest absolute Gasteiger partial charge is 0.369 e. The Labute approximate surface area is 288 Å². The number of aromatic amines is 1. The van der Waals surface area contributed by atoms with Gasteiger partial charge in [-0.2, -0.15) is 10.1 Å². The van der Waals surface area contributed by atoms with Gasteiger partial charge in [-0.15, -0.1) is 0 Å². The zero-order valence-electron chi connectivity index (χ0n) is 26.0. The molecule has 2 aromatic carbocycles. The molecule has 1 fully saturated rings. The van der Waals surface area contributed by atoms with E-state index in [9.17, 15) is 0 Å². The number of nitrogens with one attached hydrogen (secondary N) is 4. The zero-order valence-corrected chi connectivity index (χ0v) is 27.6. The molecule has 0 saturated heterocycles. The van der Waals surface area contributed by atoms with E-state index >= 15 is 0 Å². The van der Waals surface area contributed by atoms with Crippen LogP contribution in [-0.4, -0.2) is 49.7 Å². The minimum atomic E-state index is -0.396. The van der Waals surface area contributed by atoms with Gasteiger partial charge in [-0.3, -0.25) is 5.10 Å². The van der Waals surface area contributed by atoms with Crippen LogP contribution >= 0.6 is 23.2 Å². The van der Waals surface area contributed by atoms with E-state index in [1.165, 1.54) is 0 Å². The van der Waals surface area contributed by atoms with Gasteiger partial charge in [0.15, 0.2) is 23.4 Å². The first-order valence-electron chi connectivity index (χ1n) is 16.2. The highest BCUT2D eigenvalue weighted by atomic mass is 35.5. The Morgan fingerprint density at radius 2 is 1.65 bits per heavy atom. The lowest BCUT2D eigenvalue weighted by molar-refractivity contribution is 0.120. The van der Waals surface area contributed by atoms with E-state index in [0.29, 0.717) is 52.0 Å². The Hall–Kier alpha value is -4.71. The molecule has 1 saturated carbocycles. The average Bonchev–Trinajstić information content (AvgIpc) is 3.58. The smallest absolute Gasteiger partial charge is 0.199 e. The van der Waals surface area contributed by atoms with Crippen molar-refractivity contribution >= 4 is 52.3 Å². The summed E-state index contributed by atoms with van der Waals surface area (Å²) < 4.78 is 0. The Balaban J connectivity index is 1.38. The minimum absolute atomic E-state index is 0.0994. The first-order valence-corrected chi connectivity index (χ1v) is 16.9. The predicted octanol–water partition coefficient (Wildman–Crippen LogP) is 6.92. The van der Waals surface area contributed by atoms with Crippen molar-refractivity contribution in [2.45, 2.75) is 50.1 Å². The van der Waals surface area contributed by atoms with Crippen LogP contribution in [0.1, 0.15) is 49.1 Å². The Bertz CT molecular complexity index is 2020. The fraction of sp³-hybridized carbons (Fsp3) is 0.286. The van der Waals surface area contributed by atoms with E-state index < -0.39 is 5.41 Å². The molecule has 244 valence electrons. The summed E-state index contributed by atoms with van der Waals surface area (Å²) in [4.78, 5) is 19.0. The standard InChI is InChI=1S/C35H35Cl2N11/c36-24-10-8-21-18-23(24)31-22-9-7-19(17-25(22)37)32-46-33(48-47-32)26-3-1-4-28(42-26)40-20-11-14-35(31,15-12-20)27(13-16-38)43-29-5-2-6-30(44-29)45-34(39)41-21/h1-10,17-18,20,27,31H,11-16,38H2,(H,40,42)(H,46,47,48)(H4,39,41,43,44,45). The molecule has 10 rings (SSSR count). The number of H-pyrrole nitrogens is 1. The van der Waals surface area contributed by atoms with Gasteiger partial charge < -0.3 is 27.4 Å². The van der Waals surface area contributed by atoms with Crippen LogP contribution in [0.15, 0.2) is 77.8 Å². The Morgan fingerprint density at radius 3 is 2.46 bits per heavy atom. The van der Waals surface area contributed by atoms with E-state index in [1.54, 1.807) is 0 Å². The van der Waals surface area contributed by atoms with Crippen molar-refractivity contribution in [3.05, 3.63) is 94.0 Å². The van der Waals surface area contributed by atoms with Crippen molar-refractivity contribution in [2.75, 3.05) is 22.5 Å². The van der Waals surface area contributed by atoms with E-state index in [1.807, 2.05) is 60.7 Å². The van der Waals surface area contributed by atoms with Gasteiger partial charge in [-0.05, 0) is 98.3 Å². The maximum absolute atomic E-state index is 7.35. The van der Waals surface area contributed by atoms with Gasteiger partial charge in [-0.25, -0.2) is 15.0 Å². The lowest BCUT2D eigenvalue weighted by Crippen LogP contribution is -2.50. The molecule has 48 heavy (non-hydrogen) atoms. The van der Waals surface area contributed by atoms with Crippen molar-refractivity contribution in [2.24, 2.45) is 21.9 Å². The third-order valence-electron chi connectivity index (χ3n) is 9.91. The lowest BCUT2D eigenvalue weighted by Gasteiger charge is -2.51. The summed E-state index contributed by atoms with van der Waals surface area (Å²) in [6, 6.07) is 23.7. The van der Waals surface area contributed by atoms with E-state index in [0.717, 1.165) is 53.9 Å². The van der Waals surface area contributed by atoms with Crippen LogP contribution in [0.25, 0.3) is 22.9 Å². The van der Waals surface area contributed by atoms with Crippen molar-refractivity contribution in [3.8, 4) is 22.9 Å². The molecule has 2 atom stereocenters. The molecule has 1 aliphatic carbocycles. The van der Waals surface area contributed by atoms with Crippen molar-refractivity contribution < 1.29 is 0 Å². The molecule has 0 amide bonds. The van der Waals surface area contributed by atoms with Gasteiger partial charge in [0.05, 0.1) is 0 Å². The topological polar surface area (TPSA) is 168 Å². The second-order valence-electron chi connectivity index (χ2n) is 12.8. The number of rotatable bonds is 2. The summed E-state index contributed by atoms with van der Waals surface area (Å²) in [5.74, 6) is 3.09. The number of aliphatic imine (C=N–C) groups is 1. The SMILES string of the molecule is NCCC1Nc2cccc(n2)/N=C(\N)Nc2ccc(Cl)c(c2)C2c3ccc(cc3Cl)-c3n[nH]c(n3)-c3cccc(n3)NC3CCC12CC3. The molecule has 2 unspecified atom stereocenters. The molecule has 5 aromatic rings. The molecule has 3 aromatic heterocycles. The number of anilines is 3. The third kappa shape index (κ3) is 5.61. The summed E-state index contributed by atoms with van der Waals surface area (Å²) in [5.41, 5.74) is 16.6. The van der Waals surface area contributed by atoms with Crippen LogP contribution in [0.3, 0.4) is 0 Å². The maximum Gasteiger partial charge on any atom is 0.199 e. The number of hydrogen-bond donors (Lipinski definition) is 6. The number of hydrogen-bond acceptors (Lipinski definition) is 10. The summed E-state index contributed by atoms with van der Waals surface area (Å²) in [6.07, 6.45) is 4.15. The second-order valence-corrected chi connectivity index (χ2v) is 13.6. The molecule has 7 heterocycles. The molecule has 0 radical (unpaired) electrons. The maximum atomic E-state index is 7.35. The van der Waals surface area contributed by atoms with Crippen LogP contribution in [-0.2, 0) is 0 Å². The van der Waals surface area contributed by atoms with Crippen LogP contribution in [0, 0.1) is 5.41 Å². The fourth-order valence-corrected chi connectivity index (χ4v) is 8.26. The van der Waals surface area contributed by atoms with Gasteiger partial charge in [0.25, 0.3) is 0 Å². The van der Waals surface area contributed by atoms with E-state index in [-0.39, 0.29) is 24.0 Å². The summed E-state index contributed by atoms with van der Waals surface area (Å²) in [6.45, 7) is 0.477. The van der Waals surface area contributed by atoms with Gasteiger partial charge in [0.2, 0.25) is 0 Å². The molecular formula is C35H35Cl2N11. The fourth-order valence-electron chi connectivity index (χ4n) is 7.74. The molecule has 12 bridgehead atoms. The monoisotopic (exact) mass is 679 g/mol. The summed E-state index contributed by atoms with van der Waals surface area (Å²) in [7, 11) is 0. The van der Waals surface area contributed by atoms with Crippen molar-refractivity contribution in [1.29, 1.82) is 0 Å². The Morgan fingerprint density at radius 1 is 0.833 bits per heavy atom. The molecular weight excluding hydrogens is 645 g/mol. The zero-order chi connectivity index (χ0) is 32.8. The predicted molar refractivity (Wildman–Crippen MR) is 192 cm³/mol. The normalized spacial score (nSPS) is 24.0. The van der Waals surface area contributed by atoms with E-state index in [4.69, 9.17) is 49.6 Å². The number of nitrogens with zero attached hydrogens (tertiary/aromatic N) is 5. The summed E-state index contributed by atoms with van der Waals surface area (Å²) in [5, 5.41) is 19.6. The van der Waals surface area contributed by atoms with Crippen molar-refractivity contribution in [3.63, 3.8) is 0 Å². The number of aromatic nitrogens is 5. The van der Waals surface area contributed by atoms with Gasteiger partial charge in [0.1, 0.15) is 17.3 Å². The summed E-state index contributed by atoms with van der Waals surface area (Å²) >= 11 is 14.5. The second kappa shape index (κ2) is 12.4. The Kier molecular flexibility index (Phi) is 7.90. The highest BCUT2D eigenvalue weighted by Gasteiger charge is 2.50. The van der Waals surface area contributed by atoms with E-state index in [2.05, 4.69) is 43.3 Å². The third-order valence-corrected chi connectivity index (χ3v) is 10.6. The molecule has 1 spiro atoms. The van der Waals surface area contributed by atoms with Crippen LogP contribution in [0.4, 0.5) is 23.1 Å². The van der Waals surface area contributed by atoms with Gasteiger partial charge >= 0.3 is 0 Å². The molecule has 4 aliphatic heterocycles. The molecule has 11 nitrogen and oxygen atoms in total. The first kappa shape index (κ1) is 30.6. The number of pyridine rings is 2. The molecule has 13 heteroatoms. The van der Waals surface area contributed by atoms with Crippen LogP contribution in [0.5, 0.6) is 0 Å². The van der Waals surface area contributed by atoms with Gasteiger partial charge in [-0.1, -0.05) is 47.5 Å². The number of guanidine groups is 1. The highest BCUT2D eigenvalue weighted by molar-refractivity contribution is 6.32. The van der Waals surface area contributed by atoms with Gasteiger partial charge in [0, 0.05) is 44.7 Å². The minimum Gasteiger partial charge on any atom is -0.369 e. The molecule has 5 aliphatic rings. The number of fused-ring (bicyclic) bond motifs is 6. The van der Waals surface area contributed by atoms with Crippen LogP contribution in [0.2, 0.25) is 10.0 Å². The highest BCUT2D eigenvalue weighted by Crippen LogP contribution is 2.57. The first-order chi connectivity index (χ1) is 23.4. The van der Waals surface area contributed by atoms with Crippen LogP contribution < -0.4 is 27.4 Å². The quantitative estimate of drug-likeness (QED) is 0.116. The number of benzene rings is 2. The lowest BCUT2D eigenvalue weighted by atomic mass is 9.56. The van der Waals surface area contributed by atoms with Crippen molar-refractivity contribution in [1.82, 2.24) is 25.1 Å².